The number of phenolic OH excluding ortho intramolecular Hbond substituents is 1. The zero-order valence-electron chi connectivity index (χ0n) is 10.9. The summed E-state index contributed by atoms with van der Waals surface area (Å²) in [7, 11) is 0. The van der Waals surface area contributed by atoms with Crippen molar-refractivity contribution in [2.75, 3.05) is 6.54 Å². The van der Waals surface area contributed by atoms with E-state index < -0.39 is 5.60 Å². The van der Waals surface area contributed by atoms with E-state index in [1.54, 1.807) is 18.2 Å². The normalized spacial score (nSPS) is 14.9. The van der Waals surface area contributed by atoms with Gasteiger partial charge in [-0.3, -0.25) is 0 Å². The average Bonchev–Trinajstić information content (AvgIpc) is 2.15. The highest BCUT2D eigenvalue weighted by Gasteiger charge is 2.20. The Balaban J connectivity index is 2.48. The van der Waals surface area contributed by atoms with Gasteiger partial charge >= 0.3 is 0 Å². The summed E-state index contributed by atoms with van der Waals surface area (Å²) in [4.78, 5) is 0. The molecule has 0 saturated heterocycles. The number of benzene rings is 1. The molecule has 1 aromatic rings. The molecule has 0 aliphatic carbocycles. The van der Waals surface area contributed by atoms with Crippen LogP contribution in [-0.4, -0.2) is 28.4 Å². The van der Waals surface area contributed by atoms with Crippen LogP contribution in [0.2, 0.25) is 0 Å². The minimum Gasteiger partial charge on any atom is -0.508 e. The molecule has 17 heavy (non-hydrogen) atoms. The fourth-order valence-corrected chi connectivity index (χ4v) is 1.82. The maximum Gasteiger partial charge on any atom is 0.115 e. The third-order valence-electron chi connectivity index (χ3n) is 2.71. The molecular formula is C14H23NO2. The van der Waals surface area contributed by atoms with Crippen LogP contribution in [0.5, 0.6) is 5.75 Å². The molecule has 0 fully saturated rings. The highest BCUT2D eigenvalue weighted by atomic mass is 16.3. The summed E-state index contributed by atoms with van der Waals surface area (Å²) in [6, 6.07) is 7.49. The first-order chi connectivity index (χ1) is 7.89. The molecule has 96 valence electrons. The van der Waals surface area contributed by atoms with Crippen LogP contribution < -0.4 is 5.32 Å². The zero-order chi connectivity index (χ0) is 12.9. The van der Waals surface area contributed by atoms with Crippen molar-refractivity contribution >= 4 is 0 Å². The number of aliphatic hydroxyl groups is 1. The van der Waals surface area contributed by atoms with Crippen molar-refractivity contribution in [3.63, 3.8) is 0 Å². The van der Waals surface area contributed by atoms with Gasteiger partial charge in [-0.15, -0.1) is 0 Å². The molecule has 0 aliphatic rings. The summed E-state index contributed by atoms with van der Waals surface area (Å²) in [5.74, 6) is 0.249. The molecule has 1 aromatic carbocycles. The van der Waals surface area contributed by atoms with E-state index in [-0.39, 0.29) is 5.75 Å². The fourth-order valence-electron chi connectivity index (χ4n) is 1.82. The molecule has 1 rings (SSSR count). The van der Waals surface area contributed by atoms with Crippen LogP contribution in [0, 0.1) is 0 Å². The Morgan fingerprint density at radius 2 is 2.06 bits per heavy atom. The van der Waals surface area contributed by atoms with Gasteiger partial charge in [0.05, 0.1) is 5.60 Å². The van der Waals surface area contributed by atoms with E-state index in [1.165, 1.54) is 0 Å². The van der Waals surface area contributed by atoms with Crippen molar-refractivity contribution in [1.82, 2.24) is 5.32 Å². The lowest BCUT2D eigenvalue weighted by atomic mass is 9.93. The zero-order valence-corrected chi connectivity index (χ0v) is 10.9. The van der Waals surface area contributed by atoms with E-state index in [0.29, 0.717) is 18.9 Å². The second kappa shape index (κ2) is 6.03. The molecule has 3 N–H and O–H groups in total. The molecule has 0 aliphatic heterocycles. The average molecular weight is 237 g/mol. The van der Waals surface area contributed by atoms with Crippen molar-refractivity contribution in [1.29, 1.82) is 0 Å². The van der Waals surface area contributed by atoms with Gasteiger partial charge < -0.3 is 15.5 Å². The second-order valence-corrected chi connectivity index (χ2v) is 5.20. The lowest BCUT2D eigenvalue weighted by molar-refractivity contribution is 0.0510. The van der Waals surface area contributed by atoms with Crippen molar-refractivity contribution < 1.29 is 10.2 Å². The maximum atomic E-state index is 10.3. The Hall–Kier alpha value is -1.06. The van der Waals surface area contributed by atoms with Crippen LogP contribution in [0.1, 0.15) is 32.8 Å². The Labute approximate surface area is 103 Å². The van der Waals surface area contributed by atoms with Gasteiger partial charge in [0.15, 0.2) is 0 Å². The summed E-state index contributed by atoms with van der Waals surface area (Å²) in [6.07, 6.45) is 1.25. The predicted molar refractivity (Wildman–Crippen MR) is 70.2 cm³/mol. The van der Waals surface area contributed by atoms with Crippen LogP contribution >= 0.6 is 0 Å². The number of rotatable bonds is 6. The third kappa shape index (κ3) is 5.71. The molecular weight excluding hydrogens is 214 g/mol. The minimum atomic E-state index is -0.740. The van der Waals surface area contributed by atoms with Gasteiger partial charge in [0, 0.05) is 12.5 Å². The van der Waals surface area contributed by atoms with Crippen LogP contribution in [0.3, 0.4) is 0 Å². The van der Waals surface area contributed by atoms with Crippen molar-refractivity contribution in [2.45, 2.75) is 45.3 Å². The van der Waals surface area contributed by atoms with Crippen molar-refractivity contribution in [2.24, 2.45) is 0 Å². The van der Waals surface area contributed by atoms with E-state index in [2.05, 4.69) is 19.2 Å². The van der Waals surface area contributed by atoms with Crippen LogP contribution in [0.15, 0.2) is 24.3 Å². The number of hydrogen-bond acceptors (Lipinski definition) is 3. The first-order valence-electron chi connectivity index (χ1n) is 6.13. The number of nitrogens with one attached hydrogen (secondary N) is 1. The monoisotopic (exact) mass is 237 g/mol. The molecule has 0 saturated carbocycles. The molecule has 0 amide bonds. The highest BCUT2D eigenvalue weighted by molar-refractivity contribution is 5.28. The number of hydrogen-bond donors (Lipinski definition) is 3. The van der Waals surface area contributed by atoms with E-state index >= 15 is 0 Å². The van der Waals surface area contributed by atoms with Gasteiger partial charge in [-0.2, -0.15) is 0 Å². The Morgan fingerprint density at radius 3 is 2.65 bits per heavy atom. The molecule has 3 heteroatoms. The van der Waals surface area contributed by atoms with E-state index in [4.69, 9.17) is 0 Å². The molecule has 0 heterocycles. The molecule has 1 unspecified atom stereocenters. The fraction of sp³-hybridized carbons (Fsp3) is 0.571. The Morgan fingerprint density at radius 1 is 1.35 bits per heavy atom. The molecule has 0 bridgehead atoms. The first-order valence-corrected chi connectivity index (χ1v) is 6.13. The van der Waals surface area contributed by atoms with Crippen molar-refractivity contribution in [3.8, 4) is 5.75 Å². The van der Waals surface area contributed by atoms with Crippen molar-refractivity contribution in [3.05, 3.63) is 29.8 Å². The molecule has 0 aromatic heterocycles. The summed E-state index contributed by atoms with van der Waals surface area (Å²) in [5, 5.41) is 22.9. The molecule has 0 spiro atoms. The topological polar surface area (TPSA) is 52.5 Å². The maximum absolute atomic E-state index is 10.3. The van der Waals surface area contributed by atoms with Gasteiger partial charge in [-0.25, -0.2) is 0 Å². The van der Waals surface area contributed by atoms with E-state index in [1.807, 2.05) is 13.0 Å². The lowest BCUT2D eigenvalue weighted by Gasteiger charge is -2.24. The molecule has 0 radical (unpaired) electrons. The highest BCUT2D eigenvalue weighted by Crippen LogP contribution is 2.19. The minimum absolute atomic E-state index is 0.249. The van der Waals surface area contributed by atoms with Crippen LogP contribution in [-0.2, 0) is 6.42 Å². The predicted octanol–water partition coefficient (Wildman–Crippen LogP) is 2.07. The number of phenols is 1. The Bertz CT molecular complexity index is 348. The summed E-state index contributed by atoms with van der Waals surface area (Å²) < 4.78 is 0. The largest absolute Gasteiger partial charge is 0.508 e. The smallest absolute Gasteiger partial charge is 0.115 e. The summed E-state index contributed by atoms with van der Waals surface area (Å²) >= 11 is 0. The first kappa shape index (κ1) is 14.0. The Kier molecular flexibility index (Phi) is 4.97. The van der Waals surface area contributed by atoms with Gasteiger partial charge in [-0.1, -0.05) is 26.0 Å². The molecule has 1 atom stereocenters. The van der Waals surface area contributed by atoms with Crippen LogP contribution in [0.4, 0.5) is 0 Å². The summed E-state index contributed by atoms with van der Waals surface area (Å²) in [6.45, 7) is 6.80. The standard InChI is InChI=1S/C14H23NO2/c1-11(2)15-8-7-14(3,17)10-12-5-4-6-13(16)9-12/h4-6,9,11,15-17H,7-8,10H2,1-3H3. The van der Waals surface area contributed by atoms with Gasteiger partial charge in [0.2, 0.25) is 0 Å². The SMILES string of the molecule is CC(C)NCCC(C)(O)Cc1cccc(O)c1. The van der Waals surface area contributed by atoms with E-state index in [9.17, 15) is 10.2 Å². The summed E-state index contributed by atoms with van der Waals surface area (Å²) in [5.41, 5.74) is 0.218. The van der Waals surface area contributed by atoms with Gasteiger partial charge in [0.1, 0.15) is 5.75 Å². The lowest BCUT2D eigenvalue weighted by Crippen LogP contribution is -2.34. The molecule has 3 nitrogen and oxygen atoms in total. The van der Waals surface area contributed by atoms with E-state index in [0.717, 1.165) is 12.1 Å². The quantitative estimate of drug-likeness (QED) is 0.710. The number of aromatic hydroxyl groups is 1. The van der Waals surface area contributed by atoms with Crippen LogP contribution in [0.25, 0.3) is 0 Å². The second-order valence-electron chi connectivity index (χ2n) is 5.20. The van der Waals surface area contributed by atoms with Gasteiger partial charge in [0.25, 0.3) is 0 Å². The van der Waals surface area contributed by atoms with Gasteiger partial charge in [-0.05, 0) is 37.6 Å². The third-order valence-corrected chi connectivity index (χ3v) is 2.71.